The van der Waals surface area contributed by atoms with Crippen molar-refractivity contribution in [1.29, 1.82) is 0 Å². The molecule has 0 radical (unpaired) electrons. The molecular formula is C31H38ClN3O5S. The van der Waals surface area contributed by atoms with Crippen molar-refractivity contribution in [2.24, 2.45) is 0 Å². The fourth-order valence-corrected chi connectivity index (χ4v) is 5.93. The quantitative estimate of drug-likeness (QED) is 0.277. The molecule has 3 rings (SSSR count). The predicted octanol–water partition coefficient (Wildman–Crippen LogP) is 5.57. The zero-order chi connectivity index (χ0) is 30.2. The van der Waals surface area contributed by atoms with Gasteiger partial charge in [-0.3, -0.25) is 13.9 Å². The lowest BCUT2D eigenvalue weighted by Gasteiger charge is -2.34. The molecule has 0 spiro atoms. The Morgan fingerprint density at radius 2 is 1.63 bits per heavy atom. The third-order valence-electron chi connectivity index (χ3n) is 6.88. The molecule has 0 aliphatic carbocycles. The monoisotopic (exact) mass is 599 g/mol. The molecule has 220 valence electrons. The molecule has 0 saturated carbocycles. The van der Waals surface area contributed by atoms with E-state index in [2.05, 4.69) is 5.32 Å². The Kier molecular flexibility index (Phi) is 11.2. The van der Waals surface area contributed by atoms with Crippen molar-refractivity contribution in [3.63, 3.8) is 0 Å². The molecule has 2 atom stereocenters. The lowest BCUT2D eigenvalue weighted by molar-refractivity contribution is -0.140. The first-order valence-corrected chi connectivity index (χ1v) is 15.4. The van der Waals surface area contributed by atoms with Crippen LogP contribution >= 0.6 is 11.6 Å². The fraction of sp³-hybridized carbons (Fsp3) is 0.355. The number of rotatable bonds is 13. The van der Waals surface area contributed by atoms with Gasteiger partial charge < -0.3 is 15.0 Å². The number of benzene rings is 3. The first kappa shape index (κ1) is 32.0. The standard InChI is InChI=1S/C31H38ClN3O5S/c1-6-23(4)33-31(37)27(7-2)34(20-24-11-9-8-10-12-24)30(36)21-35(28-19-25(32)15-18-29(28)40-5)41(38,39)26-16-13-22(3)14-17-26/h8-19,23,27H,6-7,20-21H2,1-5H3,(H,33,37)/t23-,27-/m1/s1. The van der Waals surface area contributed by atoms with E-state index < -0.39 is 28.5 Å². The first-order chi connectivity index (χ1) is 19.5. The van der Waals surface area contributed by atoms with Crippen molar-refractivity contribution < 1.29 is 22.7 Å². The fourth-order valence-electron chi connectivity index (χ4n) is 4.35. The number of sulfonamides is 1. The minimum atomic E-state index is -4.25. The highest BCUT2D eigenvalue weighted by Crippen LogP contribution is 2.35. The normalized spacial score (nSPS) is 12.7. The summed E-state index contributed by atoms with van der Waals surface area (Å²) in [5.74, 6) is -0.605. The number of nitrogens with zero attached hydrogens (tertiary/aromatic N) is 2. The van der Waals surface area contributed by atoms with Gasteiger partial charge >= 0.3 is 0 Å². The van der Waals surface area contributed by atoms with Gasteiger partial charge in [-0.15, -0.1) is 0 Å². The average molecular weight is 600 g/mol. The third kappa shape index (κ3) is 8.01. The lowest BCUT2D eigenvalue weighted by Crippen LogP contribution is -2.53. The van der Waals surface area contributed by atoms with Crippen LogP contribution in [0, 0.1) is 6.92 Å². The zero-order valence-electron chi connectivity index (χ0n) is 24.1. The molecule has 8 nitrogen and oxygen atoms in total. The number of hydrogen-bond donors (Lipinski definition) is 1. The van der Waals surface area contributed by atoms with Crippen LogP contribution in [0.2, 0.25) is 5.02 Å². The minimum Gasteiger partial charge on any atom is -0.495 e. The van der Waals surface area contributed by atoms with Crippen LogP contribution in [-0.2, 0) is 26.2 Å². The van der Waals surface area contributed by atoms with Crippen LogP contribution in [0.5, 0.6) is 5.75 Å². The molecule has 0 bridgehead atoms. The molecule has 3 aromatic carbocycles. The molecule has 0 heterocycles. The zero-order valence-corrected chi connectivity index (χ0v) is 25.7. The molecule has 3 aromatic rings. The van der Waals surface area contributed by atoms with Crippen LogP contribution in [0.4, 0.5) is 5.69 Å². The van der Waals surface area contributed by atoms with Crippen LogP contribution in [0.15, 0.2) is 77.7 Å². The Morgan fingerprint density at radius 3 is 2.22 bits per heavy atom. The molecule has 1 N–H and O–H groups in total. The molecule has 41 heavy (non-hydrogen) atoms. The number of carbonyl (C=O) groups excluding carboxylic acids is 2. The molecule has 2 amide bonds. The number of carbonyl (C=O) groups is 2. The van der Waals surface area contributed by atoms with Crippen LogP contribution in [-0.4, -0.2) is 50.9 Å². The summed E-state index contributed by atoms with van der Waals surface area (Å²) in [7, 11) is -2.83. The van der Waals surface area contributed by atoms with E-state index in [0.29, 0.717) is 6.42 Å². The summed E-state index contributed by atoms with van der Waals surface area (Å²) in [6, 6.07) is 19.3. The van der Waals surface area contributed by atoms with Crippen LogP contribution in [0.1, 0.15) is 44.7 Å². The first-order valence-electron chi connectivity index (χ1n) is 13.6. The van der Waals surface area contributed by atoms with Gasteiger partial charge in [0, 0.05) is 17.6 Å². The smallest absolute Gasteiger partial charge is 0.264 e. The summed E-state index contributed by atoms with van der Waals surface area (Å²) >= 11 is 6.29. The summed E-state index contributed by atoms with van der Waals surface area (Å²) in [6.45, 7) is 7.09. The summed E-state index contributed by atoms with van der Waals surface area (Å²) in [6.07, 6.45) is 1.07. The summed E-state index contributed by atoms with van der Waals surface area (Å²) < 4.78 is 34.6. The summed E-state index contributed by atoms with van der Waals surface area (Å²) in [4.78, 5) is 29.0. The number of amides is 2. The Morgan fingerprint density at radius 1 is 0.976 bits per heavy atom. The number of anilines is 1. The highest BCUT2D eigenvalue weighted by Gasteiger charge is 2.35. The largest absolute Gasteiger partial charge is 0.495 e. The summed E-state index contributed by atoms with van der Waals surface area (Å²) in [5, 5.41) is 3.25. The number of ether oxygens (including phenoxy) is 1. The predicted molar refractivity (Wildman–Crippen MR) is 163 cm³/mol. The van der Waals surface area contributed by atoms with Gasteiger partial charge in [0.15, 0.2) is 0 Å². The molecule has 0 unspecified atom stereocenters. The van der Waals surface area contributed by atoms with Gasteiger partial charge in [0.2, 0.25) is 11.8 Å². The van der Waals surface area contributed by atoms with Crippen molar-refractivity contribution in [2.75, 3.05) is 18.0 Å². The Balaban J connectivity index is 2.11. The maximum absolute atomic E-state index is 14.2. The van der Waals surface area contributed by atoms with Crippen LogP contribution in [0.3, 0.4) is 0 Å². The molecular weight excluding hydrogens is 562 g/mol. The minimum absolute atomic E-state index is 0.00842. The van der Waals surface area contributed by atoms with E-state index in [1.54, 1.807) is 24.3 Å². The van der Waals surface area contributed by atoms with Gasteiger partial charge in [0.1, 0.15) is 18.3 Å². The lowest BCUT2D eigenvalue weighted by atomic mass is 10.1. The van der Waals surface area contributed by atoms with E-state index in [9.17, 15) is 18.0 Å². The second kappa shape index (κ2) is 14.4. The van der Waals surface area contributed by atoms with Crippen LogP contribution < -0.4 is 14.4 Å². The van der Waals surface area contributed by atoms with Crippen molar-refractivity contribution in [3.05, 3.63) is 88.9 Å². The van der Waals surface area contributed by atoms with Gasteiger partial charge in [-0.25, -0.2) is 8.42 Å². The van der Waals surface area contributed by atoms with Gasteiger partial charge in [0.25, 0.3) is 10.0 Å². The molecule has 0 aliphatic rings. The van der Waals surface area contributed by atoms with E-state index in [0.717, 1.165) is 21.9 Å². The van der Waals surface area contributed by atoms with E-state index in [-0.39, 0.29) is 39.8 Å². The topological polar surface area (TPSA) is 96.0 Å². The van der Waals surface area contributed by atoms with Gasteiger partial charge in [-0.2, -0.15) is 0 Å². The van der Waals surface area contributed by atoms with Gasteiger partial charge in [-0.1, -0.05) is 73.5 Å². The maximum atomic E-state index is 14.2. The van der Waals surface area contributed by atoms with Gasteiger partial charge in [-0.05, 0) is 62.6 Å². The van der Waals surface area contributed by atoms with Crippen molar-refractivity contribution in [3.8, 4) is 5.75 Å². The number of halogens is 1. The van der Waals surface area contributed by atoms with Crippen molar-refractivity contribution in [1.82, 2.24) is 10.2 Å². The number of methoxy groups -OCH3 is 1. The Bertz CT molecular complexity index is 1430. The van der Waals surface area contributed by atoms with E-state index >= 15 is 0 Å². The van der Waals surface area contributed by atoms with Crippen molar-refractivity contribution in [2.45, 2.75) is 64.1 Å². The Hall–Kier alpha value is -3.56. The highest BCUT2D eigenvalue weighted by molar-refractivity contribution is 7.92. The molecule has 0 saturated heterocycles. The number of nitrogens with one attached hydrogen (secondary N) is 1. The van der Waals surface area contributed by atoms with E-state index in [1.807, 2.05) is 58.0 Å². The molecule has 10 heteroatoms. The summed E-state index contributed by atoms with van der Waals surface area (Å²) in [5.41, 5.74) is 1.81. The van der Waals surface area contributed by atoms with E-state index in [4.69, 9.17) is 16.3 Å². The third-order valence-corrected chi connectivity index (χ3v) is 8.89. The number of aryl methyl sites for hydroxylation is 1. The molecule has 0 fully saturated rings. The van der Waals surface area contributed by atoms with Crippen LogP contribution in [0.25, 0.3) is 0 Å². The second-order valence-electron chi connectivity index (χ2n) is 9.89. The SMILES string of the molecule is CC[C@@H](C)NC(=O)[C@@H](CC)N(Cc1ccccc1)C(=O)CN(c1cc(Cl)ccc1OC)S(=O)(=O)c1ccc(C)cc1. The molecule has 0 aliphatic heterocycles. The number of hydrogen-bond acceptors (Lipinski definition) is 5. The molecule has 0 aromatic heterocycles. The average Bonchev–Trinajstić information content (AvgIpc) is 2.96. The Labute approximate surface area is 248 Å². The van der Waals surface area contributed by atoms with Crippen molar-refractivity contribution >= 4 is 39.1 Å². The second-order valence-corrected chi connectivity index (χ2v) is 12.2. The highest BCUT2D eigenvalue weighted by atomic mass is 35.5. The maximum Gasteiger partial charge on any atom is 0.264 e. The van der Waals surface area contributed by atoms with Gasteiger partial charge in [0.05, 0.1) is 17.7 Å². The van der Waals surface area contributed by atoms with E-state index in [1.165, 1.54) is 30.2 Å².